The first-order chi connectivity index (χ1) is 9.06. The molecular formula is C14H19ClN2O2. The van der Waals surface area contributed by atoms with E-state index < -0.39 is 12.0 Å². The van der Waals surface area contributed by atoms with Gasteiger partial charge in [0.1, 0.15) is 6.04 Å². The quantitative estimate of drug-likeness (QED) is 0.916. The fraction of sp³-hybridized carbons (Fsp3) is 0.500. The molecular weight excluding hydrogens is 264 g/mol. The number of carboxylic acids is 1. The van der Waals surface area contributed by atoms with E-state index in [2.05, 4.69) is 4.90 Å². The molecule has 19 heavy (non-hydrogen) atoms. The standard InChI is InChI=1S/C14H19ClN2O2/c1-11(14(18)19)17-8-6-16(7-9-17)10-12-2-4-13(15)5-3-12/h2-5,11H,6-10H2,1H3,(H,18,19). The summed E-state index contributed by atoms with van der Waals surface area (Å²) >= 11 is 5.86. The van der Waals surface area contributed by atoms with Crippen molar-refractivity contribution in [1.29, 1.82) is 0 Å². The third-order valence-corrected chi connectivity index (χ3v) is 3.88. The fourth-order valence-electron chi connectivity index (χ4n) is 2.31. The number of aliphatic carboxylic acids is 1. The lowest BCUT2D eigenvalue weighted by Gasteiger charge is -2.36. The van der Waals surface area contributed by atoms with Gasteiger partial charge in [0, 0.05) is 37.7 Å². The molecule has 1 aliphatic heterocycles. The summed E-state index contributed by atoms with van der Waals surface area (Å²) in [5, 5.41) is 9.75. The summed E-state index contributed by atoms with van der Waals surface area (Å²) in [6, 6.07) is 7.49. The van der Waals surface area contributed by atoms with Crippen LogP contribution in [0.25, 0.3) is 0 Å². The molecule has 1 N–H and O–H groups in total. The van der Waals surface area contributed by atoms with Crippen LogP contribution in [0, 0.1) is 0 Å². The summed E-state index contributed by atoms with van der Waals surface area (Å²) in [5.74, 6) is -0.744. The molecule has 1 aromatic rings. The highest BCUT2D eigenvalue weighted by Crippen LogP contribution is 2.13. The third kappa shape index (κ3) is 3.93. The number of rotatable bonds is 4. The molecule has 0 saturated carbocycles. The van der Waals surface area contributed by atoms with Crippen molar-refractivity contribution >= 4 is 17.6 Å². The Morgan fingerprint density at radius 2 is 1.84 bits per heavy atom. The largest absolute Gasteiger partial charge is 0.480 e. The van der Waals surface area contributed by atoms with Gasteiger partial charge in [-0.3, -0.25) is 14.6 Å². The van der Waals surface area contributed by atoms with Gasteiger partial charge >= 0.3 is 5.97 Å². The molecule has 1 aliphatic rings. The minimum absolute atomic E-state index is 0.391. The molecule has 1 atom stereocenters. The molecule has 1 unspecified atom stereocenters. The highest BCUT2D eigenvalue weighted by molar-refractivity contribution is 6.30. The van der Waals surface area contributed by atoms with Crippen molar-refractivity contribution in [3.8, 4) is 0 Å². The predicted molar refractivity (Wildman–Crippen MR) is 75.4 cm³/mol. The summed E-state index contributed by atoms with van der Waals surface area (Å²) in [5.41, 5.74) is 1.24. The molecule has 0 bridgehead atoms. The molecule has 0 aromatic heterocycles. The third-order valence-electron chi connectivity index (χ3n) is 3.63. The number of hydrogen-bond donors (Lipinski definition) is 1. The normalized spacial score (nSPS) is 19.3. The van der Waals surface area contributed by atoms with Crippen LogP contribution >= 0.6 is 11.6 Å². The van der Waals surface area contributed by atoms with Gasteiger partial charge in [0.25, 0.3) is 0 Å². The van der Waals surface area contributed by atoms with Crippen molar-refractivity contribution in [2.45, 2.75) is 19.5 Å². The first kappa shape index (κ1) is 14.3. The smallest absolute Gasteiger partial charge is 0.320 e. The Morgan fingerprint density at radius 3 is 2.37 bits per heavy atom. The SMILES string of the molecule is CC(C(=O)O)N1CCN(Cc2ccc(Cl)cc2)CC1. The van der Waals surface area contributed by atoms with E-state index in [1.54, 1.807) is 6.92 Å². The van der Waals surface area contributed by atoms with E-state index in [4.69, 9.17) is 16.7 Å². The number of carbonyl (C=O) groups is 1. The first-order valence-electron chi connectivity index (χ1n) is 6.50. The van der Waals surface area contributed by atoms with Crippen molar-refractivity contribution < 1.29 is 9.90 Å². The Kier molecular flexibility index (Phi) is 4.80. The second-order valence-corrected chi connectivity index (χ2v) is 5.39. The van der Waals surface area contributed by atoms with Gasteiger partial charge in [-0.25, -0.2) is 0 Å². The lowest BCUT2D eigenvalue weighted by atomic mass is 10.2. The summed E-state index contributed by atoms with van der Waals surface area (Å²) in [6.07, 6.45) is 0. The molecule has 5 heteroatoms. The van der Waals surface area contributed by atoms with Gasteiger partial charge in [0.05, 0.1) is 0 Å². The van der Waals surface area contributed by atoms with Crippen LogP contribution in [0.15, 0.2) is 24.3 Å². The molecule has 1 fully saturated rings. The highest BCUT2D eigenvalue weighted by Gasteiger charge is 2.24. The number of carboxylic acid groups (broad SMARTS) is 1. The van der Waals surface area contributed by atoms with E-state index >= 15 is 0 Å². The number of benzene rings is 1. The number of nitrogens with zero attached hydrogens (tertiary/aromatic N) is 2. The van der Waals surface area contributed by atoms with Gasteiger partial charge in [0.15, 0.2) is 0 Å². The van der Waals surface area contributed by atoms with Crippen molar-refractivity contribution in [2.24, 2.45) is 0 Å². The van der Waals surface area contributed by atoms with Crippen LogP contribution in [0.1, 0.15) is 12.5 Å². The Labute approximate surface area is 118 Å². The van der Waals surface area contributed by atoms with E-state index in [0.29, 0.717) is 0 Å². The van der Waals surface area contributed by atoms with Crippen molar-refractivity contribution in [3.63, 3.8) is 0 Å². The van der Waals surface area contributed by atoms with Gasteiger partial charge in [0.2, 0.25) is 0 Å². The van der Waals surface area contributed by atoms with Crippen LogP contribution in [0.5, 0.6) is 0 Å². The maximum atomic E-state index is 10.9. The minimum Gasteiger partial charge on any atom is -0.480 e. The van der Waals surface area contributed by atoms with Crippen LogP contribution in [-0.4, -0.2) is 53.1 Å². The molecule has 0 spiro atoms. The molecule has 104 valence electrons. The molecule has 0 amide bonds. The maximum absolute atomic E-state index is 10.9. The second-order valence-electron chi connectivity index (χ2n) is 4.95. The molecule has 1 aromatic carbocycles. The van der Waals surface area contributed by atoms with Gasteiger partial charge in [-0.1, -0.05) is 23.7 Å². The van der Waals surface area contributed by atoms with Gasteiger partial charge in [-0.15, -0.1) is 0 Å². The van der Waals surface area contributed by atoms with Crippen LogP contribution < -0.4 is 0 Å². The van der Waals surface area contributed by atoms with E-state index in [1.807, 2.05) is 29.2 Å². The highest BCUT2D eigenvalue weighted by atomic mass is 35.5. The van der Waals surface area contributed by atoms with E-state index in [0.717, 1.165) is 37.7 Å². The molecule has 0 radical (unpaired) electrons. The maximum Gasteiger partial charge on any atom is 0.320 e. The number of hydrogen-bond acceptors (Lipinski definition) is 3. The zero-order chi connectivity index (χ0) is 13.8. The molecule has 2 rings (SSSR count). The average Bonchev–Trinajstić information content (AvgIpc) is 2.41. The number of piperazine rings is 1. The van der Waals surface area contributed by atoms with E-state index in [1.165, 1.54) is 5.56 Å². The molecule has 0 aliphatic carbocycles. The fourth-order valence-corrected chi connectivity index (χ4v) is 2.44. The summed E-state index contributed by atoms with van der Waals surface area (Å²) in [7, 11) is 0. The van der Waals surface area contributed by atoms with Crippen LogP contribution in [-0.2, 0) is 11.3 Å². The summed E-state index contributed by atoms with van der Waals surface area (Å²) < 4.78 is 0. The lowest BCUT2D eigenvalue weighted by Crippen LogP contribution is -2.51. The second kappa shape index (κ2) is 6.37. The van der Waals surface area contributed by atoms with Gasteiger partial charge < -0.3 is 5.11 Å². The topological polar surface area (TPSA) is 43.8 Å². The Balaban J connectivity index is 1.83. The summed E-state index contributed by atoms with van der Waals surface area (Å²) in [6.45, 7) is 6.06. The van der Waals surface area contributed by atoms with Gasteiger partial charge in [-0.2, -0.15) is 0 Å². The van der Waals surface area contributed by atoms with E-state index in [-0.39, 0.29) is 0 Å². The molecule has 1 saturated heterocycles. The predicted octanol–water partition coefficient (Wildman–Crippen LogP) is 1.93. The van der Waals surface area contributed by atoms with Gasteiger partial charge in [-0.05, 0) is 24.6 Å². The Hall–Kier alpha value is -1.10. The van der Waals surface area contributed by atoms with Crippen molar-refractivity contribution in [1.82, 2.24) is 9.80 Å². The lowest BCUT2D eigenvalue weighted by molar-refractivity contribution is -0.143. The van der Waals surface area contributed by atoms with Crippen LogP contribution in [0.4, 0.5) is 0 Å². The monoisotopic (exact) mass is 282 g/mol. The Bertz CT molecular complexity index is 428. The molecule has 4 nitrogen and oxygen atoms in total. The van der Waals surface area contributed by atoms with Crippen LogP contribution in [0.3, 0.4) is 0 Å². The minimum atomic E-state index is -0.744. The zero-order valence-electron chi connectivity index (χ0n) is 11.1. The van der Waals surface area contributed by atoms with Crippen molar-refractivity contribution in [3.05, 3.63) is 34.9 Å². The van der Waals surface area contributed by atoms with Crippen LogP contribution in [0.2, 0.25) is 5.02 Å². The first-order valence-corrected chi connectivity index (χ1v) is 6.87. The van der Waals surface area contributed by atoms with Crippen molar-refractivity contribution in [2.75, 3.05) is 26.2 Å². The summed E-state index contributed by atoms with van der Waals surface area (Å²) in [4.78, 5) is 15.3. The average molecular weight is 283 g/mol. The Morgan fingerprint density at radius 1 is 1.26 bits per heavy atom. The zero-order valence-corrected chi connectivity index (χ0v) is 11.8. The number of halogens is 1. The van der Waals surface area contributed by atoms with E-state index in [9.17, 15) is 4.79 Å². The molecule has 1 heterocycles.